The van der Waals surface area contributed by atoms with Gasteiger partial charge in [-0.1, -0.05) is 6.07 Å². The quantitative estimate of drug-likeness (QED) is 0.534. The van der Waals surface area contributed by atoms with Crippen LogP contribution in [0.2, 0.25) is 0 Å². The number of fused-ring (bicyclic) bond motifs is 3. The number of nitrogens with zero attached hydrogens (tertiary/aromatic N) is 3. The molecule has 0 aromatic carbocycles. The van der Waals surface area contributed by atoms with Crippen molar-refractivity contribution in [3.8, 4) is 0 Å². The van der Waals surface area contributed by atoms with E-state index in [9.17, 15) is 0 Å². The zero-order valence-corrected chi connectivity index (χ0v) is 7.81. The van der Waals surface area contributed by atoms with Crippen LogP contribution in [0.4, 0.5) is 0 Å². The normalized spacial score (nSPS) is 11.2. The summed E-state index contributed by atoms with van der Waals surface area (Å²) < 4.78 is 2.00. The van der Waals surface area contributed by atoms with Gasteiger partial charge in [0.2, 0.25) is 0 Å². The van der Waals surface area contributed by atoms with Crippen LogP contribution in [-0.2, 0) is 0 Å². The molecular weight excluding hydrogens is 174 g/mol. The lowest BCUT2D eigenvalue weighted by molar-refractivity contribution is 1.15. The summed E-state index contributed by atoms with van der Waals surface area (Å²) in [5.74, 6) is 0. The number of rotatable bonds is 0. The lowest BCUT2D eigenvalue weighted by Gasteiger charge is -1.93. The van der Waals surface area contributed by atoms with E-state index in [1.165, 1.54) is 0 Å². The maximum atomic E-state index is 4.46. The molecule has 0 spiro atoms. The van der Waals surface area contributed by atoms with Crippen molar-refractivity contribution in [2.45, 2.75) is 6.92 Å². The second-order valence-corrected chi connectivity index (χ2v) is 3.34. The van der Waals surface area contributed by atoms with Crippen molar-refractivity contribution in [1.82, 2.24) is 14.4 Å². The molecule has 0 aliphatic carbocycles. The highest BCUT2D eigenvalue weighted by Crippen LogP contribution is 2.14. The first-order chi connectivity index (χ1) is 6.84. The Morgan fingerprint density at radius 1 is 1.07 bits per heavy atom. The summed E-state index contributed by atoms with van der Waals surface area (Å²) in [5, 5.41) is 0. The van der Waals surface area contributed by atoms with Crippen LogP contribution in [0.1, 0.15) is 5.69 Å². The van der Waals surface area contributed by atoms with Crippen molar-refractivity contribution in [1.29, 1.82) is 0 Å². The molecule has 0 amide bonds. The van der Waals surface area contributed by atoms with Gasteiger partial charge in [-0.25, -0.2) is 9.97 Å². The highest BCUT2D eigenvalue weighted by atomic mass is 15.1. The standard InChI is InChI=1S/C11H9N3/c1-8-5-6-9-11(12-8)14-7-3-2-4-10(14)13-9/h2-7H,1H3. The molecule has 0 fully saturated rings. The topological polar surface area (TPSA) is 30.2 Å². The second kappa shape index (κ2) is 2.54. The van der Waals surface area contributed by atoms with Gasteiger partial charge < -0.3 is 0 Å². The Balaban J connectivity index is 2.58. The number of pyridine rings is 2. The molecular formula is C11H9N3. The molecule has 0 atom stereocenters. The fourth-order valence-corrected chi connectivity index (χ4v) is 1.63. The van der Waals surface area contributed by atoms with E-state index in [0.717, 1.165) is 22.5 Å². The molecule has 14 heavy (non-hydrogen) atoms. The van der Waals surface area contributed by atoms with E-state index >= 15 is 0 Å². The molecule has 3 heteroatoms. The molecule has 68 valence electrons. The minimum Gasteiger partial charge on any atom is -0.284 e. The zero-order chi connectivity index (χ0) is 9.54. The molecule has 3 nitrogen and oxygen atoms in total. The van der Waals surface area contributed by atoms with Gasteiger partial charge in [0.25, 0.3) is 0 Å². The maximum absolute atomic E-state index is 4.46. The fourth-order valence-electron chi connectivity index (χ4n) is 1.63. The Bertz CT molecular complexity index is 610. The summed E-state index contributed by atoms with van der Waals surface area (Å²) in [5.41, 5.74) is 3.84. The first-order valence-electron chi connectivity index (χ1n) is 4.55. The first kappa shape index (κ1) is 7.50. The van der Waals surface area contributed by atoms with Gasteiger partial charge in [0.1, 0.15) is 11.2 Å². The SMILES string of the molecule is Cc1ccc2nc3ccccn3c2n1. The largest absolute Gasteiger partial charge is 0.284 e. The van der Waals surface area contributed by atoms with Crippen LogP contribution >= 0.6 is 0 Å². The highest BCUT2D eigenvalue weighted by molar-refractivity contribution is 5.76. The summed E-state index contributed by atoms with van der Waals surface area (Å²) >= 11 is 0. The van der Waals surface area contributed by atoms with Crippen molar-refractivity contribution in [3.63, 3.8) is 0 Å². The lowest BCUT2D eigenvalue weighted by atomic mass is 10.3. The van der Waals surface area contributed by atoms with Gasteiger partial charge in [-0.3, -0.25) is 4.40 Å². The van der Waals surface area contributed by atoms with E-state index in [4.69, 9.17) is 0 Å². The second-order valence-electron chi connectivity index (χ2n) is 3.34. The van der Waals surface area contributed by atoms with Gasteiger partial charge in [-0.15, -0.1) is 0 Å². The van der Waals surface area contributed by atoms with Gasteiger partial charge in [0.15, 0.2) is 5.65 Å². The van der Waals surface area contributed by atoms with E-state index < -0.39 is 0 Å². The number of aryl methyl sites for hydroxylation is 1. The van der Waals surface area contributed by atoms with Crippen molar-refractivity contribution in [2.24, 2.45) is 0 Å². The third-order valence-electron chi connectivity index (χ3n) is 2.30. The van der Waals surface area contributed by atoms with E-state index in [-0.39, 0.29) is 0 Å². The van der Waals surface area contributed by atoms with Gasteiger partial charge in [-0.05, 0) is 31.2 Å². The fraction of sp³-hybridized carbons (Fsp3) is 0.0909. The number of hydrogen-bond donors (Lipinski definition) is 0. The van der Waals surface area contributed by atoms with Gasteiger partial charge in [-0.2, -0.15) is 0 Å². The average molecular weight is 183 g/mol. The Labute approximate surface area is 81.0 Å². The van der Waals surface area contributed by atoms with Crippen LogP contribution in [-0.4, -0.2) is 14.4 Å². The van der Waals surface area contributed by atoms with E-state index in [1.807, 2.05) is 47.9 Å². The minimum atomic E-state index is 0.931. The summed E-state index contributed by atoms with van der Waals surface area (Å²) in [6, 6.07) is 9.93. The third-order valence-corrected chi connectivity index (χ3v) is 2.30. The summed E-state index contributed by atoms with van der Waals surface area (Å²) in [6.45, 7) is 1.99. The highest BCUT2D eigenvalue weighted by Gasteiger charge is 2.03. The zero-order valence-electron chi connectivity index (χ0n) is 7.81. The summed E-state index contributed by atoms with van der Waals surface area (Å²) in [7, 11) is 0. The Morgan fingerprint density at radius 2 is 2.00 bits per heavy atom. The van der Waals surface area contributed by atoms with Gasteiger partial charge in [0, 0.05) is 11.9 Å². The minimum absolute atomic E-state index is 0.931. The molecule has 3 aromatic heterocycles. The average Bonchev–Trinajstić information content (AvgIpc) is 2.56. The number of aromatic nitrogens is 3. The van der Waals surface area contributed by atoms with Crippen LogP contribution in [0, 0.1) is 6.92 Å². The van der Waals surface area contributed by atoms with Crippen molar-refractivity contribution < 1.29 is 0 Å². The summed E-state index contributed by atoms with van der Waals surface area (Å²) in [6.07, 6.45) is 1.98. The molecule has 0 aliphatic heterocycles. The molecule has 0 saturated heterocycles. The molecule has 0 radical (unpaired) electrons. The van der Waals surface area contributed by atoms with Crippen molar-refractivity contribution in [3.05, 3.63) is 42.2 Å². The molecule has 0 unspecified atom stereocenters. The molecule has 3 rings (SSSR count). The maximum Gasteiger partial charge on any atom is 0.164 e. The molecule has 3 heterocycles. The van der Waals surface area contributed by atoms with Gasteiger partial charge in [0.05, 0.1) is 0 Å². The Morgan fingerprint density at radius 3 is 2.93 bits per heavy atom. The van der Waals surface area contributed by atoms with Crippen LogP contribution in [0.15, 0.2) is 36.5 Å². The Kier molecular flexibility index (Phi) is 1.36. The molecule has 0 bridgehead atoms. The lowest BCUT2D eigenvalue weighted by Crippen LogP contribution is -1.86. The van der Waals surface area contributed by atoms with Crippen LogP contribution in [0.3, 0.4) is 0 Å². The predicted octanol–water partition coefficient (Wildman–Crippen LogP) is 2.19. The summed E-state index contributed by atoms with van der Waals surface area (Å²) in [4.78, 5) is 8.92. The van der Waals surface area contributed by atoms with Crippen LogP contribution < -0.4 is 0 Å². The van der Waals surface area contributed by atoms with E-state index in [2.05, 4.69) is 9.97 Å². The smallest absolute Gasteiger partial charge is 0.164 e. The van der Waals surface area contributed by atoms with E-state index in [0.29, 0.717) is 0 Å². The number of hydrogen-bond acceptors (Lipinski definition) is 2. The predicted molar refractivity (Wildman–Crippen MR) is 55.2 cm³/mol. The van der Waals surface area contributed by atoms with Crippen LogP contribution in [0.5, 0.6) is 0 Å². The monoisotopic (exact) mass is 183 g/mol. The van der Waals surface area contributed by atoms with Crippen molar-refractivity contribution in [2.75, 3.05) is 0 Å². The Hall–Kier alpha value is -1.90. The molecule has 0 aliphatic rings. The first-order valence-corrected chi connectivity index (χ1v) is 4.55. The van der Waals surface area contributed by atoms with Gasteiger partial charge >= 0.3 is 0 Å². The van der Waals surface area contributed by atoms with Crippen molar-refractivity contribution >= 4 is 16.8 Å². The molecule has 3 aromatic rings. The molecule has 0 saturated carbocycles. The molecule has 0 N–H and O–H groups in total. The third kappa shape index (κ3) is 0.923. The number of imidazole rings is 1. The van der Waals surface area contributed by atoms with E-state index in [1.54, 1.807) is 0 Å². The van der Waals surface area contributed by atoms with Crippen LogP contribution in [0.25, 0.3) is 16.8 Å².